The summed E-state index contributed by atoms with van der Waals surface area (Å²) in [5, 5.41) is 0. The maximum absolute atomic E-state index is 11.7. The van der Waals surface area contributed by atoms with Crippen molar-refractivity contribution in [1.82, 2.24) is 9.88 Å². The molecule has 0 bridgehead atoms. The van der Waals surface area contributed by atoms with E-state index in [1.54, 1.807) is 6.92 Å². The molecule has 2 aliphatic heterocycles. The van der Waals surface area contributed by atoms with Gasteiger partial charge in [0.2, 0.25) is 5.91 Å². The van der Waals surface area contributed by atoms with Crippen molar-refractivity contribution in [2.24, 2.45) is 0 Å². The number of nitrogens with zero attached hydrogens (tertiary/aromatic N) is 3. The summed E-state index contributed by atoms with van der Waals surface area (Å²) in [6.45, 7) is 6.86. The molecule has 108 valence electrons. The van der Waals surface area contributed by atoms with E-state index in [0.29, 0.717) is 0 Å². The van der Waals surface area contributed by atoms with Crippen LogP contribution in [0.2, 0.25) is 0 Å². The van der Waals surface area contributed by atoms with Gasteiger partial charge in [0.15, 0.2) is 0 Å². The van der Waals surface area contributed by atoms with Crippen LogP contribution in [0.5, 0.6) is 0 Å². The lowest BCUT2D eigenvalue weighted by atomic mass is 10.0. The second-order valence-corrected chi connectivity index (χ2v) is 5.91. The Kier molecular flexibility index (Phi) is 3.64. The Bertz CT molecular complexity index is 508. The molecule has 0 N–H and O–H groups in total. The number of aromatic nitrogens is 1. The van der Waals surface area contributed by atoms with Crippen molar-refractivity contribution >= 4 is 11.7 Å². The highest BCUT2D eigenvalue weighted by Gasteiger charge is 2.29. The van der Waals surface area contributed by atoms with Gasteiger partial charge >= 0.3 is 0 Å². The highest BCUT2D eigenvalue weighted by atomic mass is 16.2. The smallest absolute Gasteiger partial charge is 0.219 e. The fourth-order valence-electron chi connectivity index (χ4n) is 3.50. The first-order valence-corrected chi connectivity index (χ1v) is 7.66. The summed E-state index contributed by atoms with van der Waals surface area (Å²) >= 11 is 0. The minimum atomic E-state index is 0.176. The summed E-state index contributed by atoms with van der Waals surface area (Å²) in [6, 6.07) is 4.54. The molecule has 0 unspecified atom stereocenters. The first-order chi connectivity index (χ1) is 9.66. The number of carbonyl (C=O) groups excluding carboxylic acids is 1. The number of pyridine rings is 1. The zero-order valence-electron chi connectivity index (χ0n) is 12.4. The number of likely N-dealkylation sites (tertiary alicyclic amines) is 1. The molecular weight excluding hydrogens is 250 g/mol. The molecule has 2 saturated heterocycles. The lowest BCUT2D eigenvalue weighted by Gasteiger charge is -2.26. The molecule has 1 amide bonds. The molecule has 0 aromatic carbocycles. The van der Waals surface area contributed by atoms with Gasteiger partial charge in [0.1, 0.15) is 5.82 Å². The molecule has 0 aliphatic carbocycles. The van der Waals surface area contributed by atoms with Crippen LogP contribution in [0.25, 0.3) is 0 Å². The van der Waals surface area contributed by atoms with E-state index in [1.165, 1.54) is 18.4 Å². The largest absolute Gasteiger partial charge is 0.357 e. The minimum Gasteiger partial charge on any atom is -0.357 e. The van der Waals surface area contributed by atoms with Crippen LogP contribution in [0.15, 0.2) is 12.1 Å². The molecule has 1 atom stereocenters. The van der Waals surface area contributed by atoms with E-state index in [1.807, 2.05) is 4.90 Å². The Hall–Kier alpha value is -1.58. The second kappa shape index (κ2) is 5.43. The first kappa shape index (κ1) is 13.4. The third kappa shape index (κ3) is 2.39. The van der Waals surface area contributed by atoms with E-state index in [2.05, 4.69) is 24.0 Å². The molecule has 0 radical (unpaired) electrons. The van der Waals surface area contributed by atoms with Crippen molar-refractivity contribution in [2.75, 3.05) is 24.5 Å². The summed E-state index contributed by atoms with van der Waals surface area (Å²) in [6.07, 6.45) is 4.69. The number of carbonyl (C=O) groups is 1. The van der Waals surface area contributed by atoms with Crippen LogP contribution < -0.4 is 4.90 Å². The van der Waals surface area contributed by atoms with Crippen molar-refractivity contribution in [1.29, 1.82) is 0 Å². The summed E-state index contributed by atoms with van der Waals surface area (Å²) in [4.78, 5) is 20.8. The highest BCUT2D eigenvalue weighted by Crippen LogP contribution is 2.34. The summed E-state index contributed by atoms with van der Waals surface area (Å²) in [5.74, 6) is 1.27. The normalized spacial score (nSPS) is 22.6. The van der Waals surface area contributed by atoms with Crippen LogP contribution in [0.1, 0.15) is 49.9 Å². The van der Waals surface area contributed by atoms with Crippen molar-refractivity contribution in [3.8, 4) is 0 Å². The average Bonchev–Trinajstić information content (AvgIpc) is 3.10. The number of amides is 1. The maximum Gasteiger partial charge on any atom is 0.219 e. The third-order valence-electron chi connectivity index (χ3n) is 4.56. The molecule has 20 heavy (non-hydrogen) atoms. The lowest BCUT2D eigenvalue weighted by Crippen LogP contribution is -2.28. The number of aryl methyl sites for hydroxylation is 1. The quantitative estimate of drug-likeness (QED) is 0.831. The number of hydrogen-bond acceptors (Lipinski definition) is 3. The van der Waals surface area contributed by atoms with E-state index < -0.39 is 0 Å². The van der Waals surface area contributed by atoms with Gasteiger partial charge in [-0.1, -0.05) is 6.07 Å². The SMILES string of the molecule is CC(=O)N1CCC[C@H]1c1ccc(N2CCCC2)nc1C. The van der Waals surface area contributed by atoms with Crippen LogP contribution >= 0.6 is 0 Å². The van der Waals surface area contributed by atoms with Gasteiger partial charge in [-0.2, -0.15) is 0 Å². The standard InChI is InChI=1S/C16H23N3O/c1-12-14(15-6-5-11-19(15)13(2)20)7-8-16(17-12)18-9-3-4-10-18/h7-8,15H,3-6,9-11H2,1-2H3/t15-/m0/s1. The Morgan fingerprint density at radius 3 is 2.60 bits per heavy atom. The number of anilines is 1. The van der Waals surface area contributed by atoms with E-state index >= 15 is 0 Å². The zero-order valence-corrected chi connectivity index (χ0v) is 12.4. The predicted octanol–water partition coefficient (Wildman–Crippen LogP) is 2.67. The monoisotopic (exact) mass is 273 g/mol. The van der Waals surface area contributed by atoms with Gasteiger partial charge < -0.3 is 9.80 Å². The third-order valence-corrected chi connectivity index (χ3v) is 4.56. The Labute approximate surface area is 120 Å². The first-order valence-electron chi connectivity index (χ1n) is 7.66. The molecule has 1 aromatic rings. The Balaban J connectivity index is 1.85. The molecule has 2 fully saturated rings. The molecule has 3 heterocycles. The van der Waals surface area contributed by atoms with Crippen LogP contribution in [0.3, 0.4) is 0 Å². The topological polar surface area (TPSA) is 36.4 Å². The van der Waals surface area contributed by atoms with Gasteiger partial charge in [-0.3, -0.25) is 4.79 Å². The van der Waals surface area contributed by atoms with Gasteiger partial charge in [0.05, 0.1) is 6.04 Å². The van der Waals surface area contributed by atoms with E-state index in [9.17, 15) is 4.79 Å². The van der Waals surface area contributed by atoms with Crippen LogP contribution in [-0.2, 0) is 4.79 Å². The molecule has 3 rings (SSSR count). The lowest BCUT2D eigenvalue weighted by molar-refractivity contribution is -0.129. The Morgan fingerprint density at radius 1 is 1.20 bits per heavy atom. The zero-order chi connectivity index (χ0) is 14.1. The van der Waals surface area contributed by atoms with Gasteiger partial charge in [-0.05, 0) is 44.2 Å². The van der Waals surface area contributed by atoms with E-state index in [4.69, 9.17) is 4.98 Å². The van der Waals surface area contributed by atoms with Gasteiger partial charge in [-0.25, -0.2) is 4.98 Å². The van der Waals surface area contributed by atoms with Crippen LogP contribution in [0, 0.1) is 6.92 Å². The fourth-order valence-corrected chi connectivity index (χ4v) is 3.50. The highest BCUT2D eigenvalue weighted by molar-refractivity contribution is 5.74. The molecule has 2 aliphatic rings. The van der Waals surface area contributed by atoms with Crippen molar-refractivity contribution in [2.45, 2.75) is 45.6 Å². The van der Waals surface area contributed by atoms with Gasteiger partial charge in [0, 0.05) is 32.3 Å². The van der Waals surface area contributed by atoms with Crippen LogP contribution in [0.4, 0.5) is 5.82 Å². The van der Waals surface area contributed by atoms with Gasteiger partial charge in [0.25, 0.3) is 0 Å². The van der Waals surface area contributed by atoms with E-state index in [-0.39, 0.29) is 11.9 Å². The molecule has 1 aromatic heterocycles. The summed E-state index contributed by atoms with van der Waals surface area (Å²) in [5.41, 5.74) is 2.30. The Morgan fingerprint density at radius 2 is 1.95 bits per heavy atom. The van der Waals surface area contributed by atoms with Crippen LogP contribution in [-0.4, -0.2) is 35.4 Å². The van der Waals surface area contributed by atoms with Crippen molar-refractivity contribution in [3.05, 3.63) is 23.4 Å². The van der Waals surface area contributed by atoms with Crippen molar-refractivity contribution < 1.29 is 4.79 Å². The molecule has 0 saturated carbocycles. The number of hydrogen-bond donors (Lipinski definition) is 0. The molecule has 4 heteroatoms. The average molecular weight is 273 g/mol. The molecular formula is C16H23N3O. The second-order valence-electron chi connectivity index (χ2n) is 5.91. The predicted molar refractivity (Wildman–Crippen MR) is 79.8 cm³/mol. The fraction of sp³-hybridized carbons (Fsp3) is 0.625. The summed E-state index contributed by atoms with van der Waals surface area (Å²) < 4.78 is 0. The maximum atomic E-state index is 11.7. The minimum absolute atomic E-state index is 0.176. The van der Waals surface area contributed by atoms with E-state index in [0.717, 1.165) is 44.0 Å². The summed E-state index contributed by atoms with van der Waals surface area (Å²) in [7, 11) is 0. The van der Waals surface area contributed by atoms with Gasteiger partial charge in [-0.15, -0.1) is 0 Å². The van der Waals surface area contributed by atoms with Crippen molar-refractivity contribution in [3.63, 3.8) is 0 Å². The number of rotatable bonds is 2. The molecule has 4 nitrogen and oxygen atoms in total. The molecule has 0 spiro atoms.